The van der Waals surface area contributed by atoms with Crippen LogP contribution >= 0.6 is 11.8 Å². The Labute approximate surface area is 92.9 Å². The fraction of sp³-hybridized carbons (Fsp3) is 0.455. The number of pyridine rings is 1. The maximum atomic E-state index is 10.9. The van der Waals surface area contributed by atoms with Gasteiger partial charge in [0.2, 0.25) is 0 Å². The molecule has 2 aliphatic heterocycles. The van der Waals surface area contributed by atoms with Gasteiger partial charge in [0.15, 0.2) is 6.29 Å². The molecule has 0 saturated carbocycles. The number of fused-ring (bicyclic) bond motifs is 2. The van der Waals surface area contributed by atoms with Crippen LogP contribution in [0.15, 0.2) is 18.3 Å². The van der Waals surface area contributed by atoms with E-state index in [4.69, 9.17) is 0 Å². The molecular formula is C11H12N2OS. The highest BCUT2D eigenvalue weighted by molar-refractivity contribution is 8.00. The van der Waals surface area contributed by atoms with Crippen molar-refractivity contribution in [2.24, 2.45) is 0 Å². The third kappa shape index (κ3) is 1.44. The lowest BCUT2D eigenvalue weighted by Gasteiger charge is -2.28. The van der Waals surface area contributed by atoms with Crippen molar-refractivity contribution in [3.8, 4) is 0 Å². The van der Waals surface area contributed by atoms with E-state index in [0.29, 0.717) is 6.04 Å². The molecule has 4 heteroatoms. The Morgan fingerprint density at radius 2 is 2.53 bits per heavy atom. The van der Waals surface area contributed by atoms with Crippen molar-refractivity contribution in [3.63, 3.8) is 0 Å². The Hall–Kier alpha value is -1.03. The Bertz CT molecular complexity index is 396. The van der Waals surface area contributed by atoms with Gasteiger partial charge in [0, 0.05) is 29.8 Å². The molecular weight excluding hydrogens is 208 g/mol. The van der Waals surface area contributed by atoms with Crippen molar-refractivity contribution in [3.05, 3.63) is 23.9 Å². The molecule has 2 saturated heterocycles. The first-order valence-electron chi connectivity index (χ1n) is 5.17. The van der Waals surface area contributed by atoms with Gasteiger partial charge in [0.25, 0.3) is 0 Å². The van der Waals surface area contributed by atoms with Gasteiger partial charge in [-0.25, -0.2) is 4.98 Å². The minimum atomic E-state index is 0.591. The van der Waals surface area contributed by atoms with Crippen molar-refractivity contribution in [2.75, 3.05) is 17.2 Å². The fourth-order valence-electron chi connectivity index (χ4n) is 2.40. The maximum Gasteiger partial charge on any atom is 0.153 e. The lowest BCUT2D eigenvalue weighted by Crippen LogP contribution is -2.35. The van der Waals surface area contributed by atoms with E-state index >= 15 is 0 Å². The number of nitrogens with zero attached hydrogens (tertiary/aromatic N) is 2. The first kappa shape index (κ1) is 9.21. The average molecular weight is 220 g/mol. The zero-order valence-corrected chi connectivity index (χ0v) is 9.11. The van der Waals surface area contributed by atoms with Gasteiger partial charge in [-0.15, -0.1) is 0 Å². The van der Waals surface area contributed by atoms with E-state index in [9.17, 15) is 4.79 Å². The molecule has 2 aliphatic rings. The summed E-state index contributed by atoms with van der Waals surface area (Å²) < 4.78 is 0. The predicted molar refractivity (Wildman–Crippen MR) is 61.6 cm³/mol. The van der Waals surface area contributed by atoms with Crippen molar-refractivity contribution in [1.82, 2.24) is 4.98 Å². The average Bonchev–Trinajstić information content (AvgIpc) is 2.90. The first-order valence-corrected chi connectivity index (χ1v) is 6.22. The molecule has 2 atom stereocenters. The lowest BCUT2D eigenvalue weighted by atomic mass is 10.2. The SMILES string of the molecule is O=Cc1cccnc1N1CC2CC1CS2. The van der Waals surface area contributed by atoms with Gasteiger partial charge in [-0.1, -0.05) is 0 Å². The van der Waals surface area contributed by atoms with E-state index in [-0.39, 0.29) is 0 Å². The summed E-state index contributed by atoms with van der Waals surface area (Å²) in [6.45, 7) is 1.05. The van der Waals surface area contributed by atoms with Crippen LogP contribution in [0.2, 0.25) is 0 Å². The molecule has 2 bridgehead atoms. The van der Waals surface area contributed by atoms with Gasteiger partial charge < -0.3 is 4.90 Å². The summed E-state index contributed by atoms with van der Waals surface area (Å²) in [5, 5.41) is 0.747. The molecule has 0 aromatic carbocycles. The van der Waals surface area contributed by atoms with E-state index in [1.807, 2.05) is 23.9 Å². The number of aromatic nitrogens is 1. The molecule has 78 valence electrons. The Morgan fingerprint density at radius 3 is 3.20 bits per heavy atom. The molecule has 0 radical (unpaired) electrons. The molecule has 0 spiro atoms. The van der Waals surface area contributed by atoms with Crippen LogP contribution < -0.4 is 4.90 Å². The number of carbonyl (C=O) groups is 1. The maximum absolute atomic E-state index is 10.9. The first-order chi connectivity index (χ1) is 7.38. The minimum Gasteiger partial charge on any atom is -0.351 e. The second-order valence-corrected chi connectivity index (χ2v) is 5.36. The molecule has 1 aromatic heterocycles. The number of rotatable bonds is 2. The number of thioether (sulfide) groups is 1. The molecule has 0 N–H and O–H groups in total. The minimum absolute atomic E-state index is 0.591. The molecule has 2 fully saturated rings. The van der Waals surface area contributed by atoms with E-state index in [0.717, 1.165) is 29.5 Å². The molecule has 3 heterocycles. The van der Waals surface area contributed by atoms with E-state index in [1.165, 1.54) is 12.2 Å². The normalized spacial score (nSPS) is 28.4. The van der Waals surface area contributed by atoms with Gasteiger partial charge in [-0.3, -0.25) is 4.79 Å². The Morgan fingerprint density at radius 1 is 1.60 bits per heavy atom. The van der Waals surface area contributed by atoms with Crippen LogP contribution in [0.5, 0.6) is 0 Å². The Balaban J connectivity index is 1.96. The number of anilines is 1. The molecule has 15 heavy (non-hydrogen) atoms. The van der Waals surface area contributed by atoms with Crippen molar-refractivity contribution < 1.29 is 4.79 Å². The molecule has 1 aromatic rings. The van der Waals surface area contributed by atoms with Gasteiger partial charge in [-0.2, -0.15) is 11.8 Å². The monoisotopic (exact) mass is 220 g/mol. The summed E-state index contributed by atoms with van der Waals surface area (Å²) in [7, 11) is 0. The highest BCUT2D eigenvalue weighted by atomic mass is 32.2. The fourth-order valence-corrected chi connectivity index (χ4v) is 3.83. The predicted octanol–water partition coefficient (Wildman–Crippen LogP) is 1.59. The van der Waals surface area contributed by atoms with Crippen LogP contribution in [0.1, 0.15) is 16.8 Å². The quantitative estimate of drug-likeness (QED) is 0.709. The second-order valence-electron chi connectivity index (χ2n) is 4.03. The molecule has 3 nitrogen and oxygen atoms in total. The topological polar surface area (TPSA) is 33.2 Å². The summed E-state index contributed by atoms with van der Waals surface area (Å²) in [4.78, 5) is 17.6. The zero-order valence-electron chi connectivity index (χ0n) is 8.30. The van der Waals surface area contributed by atoms with Gasteiger partial charge in [0.05, 0.1) is 5.56 Å². The highest BCUT2D eigenvalue weighted by Crippen LogP contribution is 2.39. The third-order valence-corrected chi connectivity index (χ3v) is 4.51. The van der Waals surface area contributed by atoms with Crippen LogP contribution in [-0.4, -0.2) is 34.9 Å². The molecule has 0 aliphatic carbocycles. The van der Waals surface area contributed by atoms with Crippen LogP contribution in [-0.2, 0) is 0 Å². The standard InChI is InChI=1S/C11H12N2OS/c14-6-8-2-1-3-12-11(8)13-5-10-4-9(13)7-15-10/h1-3,6,9-10H,4-5,7H2. The van der Waals surface area contributed by atoms with E-state index < -0.39 is 0 Å². The Kier molecular flexibility index (Phi) is 2.16. The van der Waals surface area contributed by atoms with Crippen LogP contribution in [0, 0.1) is 0 Å². The smallest absolute Gasteiger partial charge is 0.153 e. The van der Waals surface area contributed by atoms with Crippen molar-refractivity contribution in [1.29, 1.82) is 0 Å². The summed E-state index contributed by atoms with van der Waals surface area (Å²) in [5.74, 6) is 2.06. The lowest BCUT2D eigenvalue weighted by molar-refractivity contribution is 0.112. The van der Waals surface area contributed by atoms with Crippen molar-refractivity contribution in [2.45, 2.75) is 17.7 Å². The van der Waals surface area contributed by atoms with E-state index in [1.54, 1.807) is 6.20 Å². The van der Waals surface area contributed by atoms with Gasteiger partial charge >= 0.3 is 0 Å². The highest BCUT2D eigenvalue weighted by Gasteiger charge is 2.39. The van der Waals surface area contributed by atoms with Gasteiger partial charge in [-0.05, 0) is 18.6 Å². The number of carbonyl (C=O) groups excluding carboxylic acids is 1. The molecule has 3 rings (SSSR count). The zero-order chi connectivity index (χ0) is 10.3. The third-order valence-electron chi connectivity index (χ3n) is 3.12. The van der Waals surface area contributed by atoms with Crippen LogP contribution in [0.4, 0.5) is 5.82 Å². The molecule has 0 amide bonds. The summed E-state index contributed by atoms with van der Waals surface area (Å²) in [6.07, 6.45) is 3.92. The summed E-state index contributed by atoms with van der Waals surface area (Å²) in [6, 6.07) is 4.25. The number of aldehydes is 1. The van der Waals surface area contributed by atoms with Gasteiger partial charge in [0.1, 0.15) is 5.82 Å². The van der Waals surface area contributed by atoms with Crippen LogP contribution in [0.3, 0.4) is 0 Å². The number of hydrogen-bond acceptors (Lipinski definition) is 4. The van der Waals surface area contributed by atoms with Crippen molar-refractivity contribution >= 4 is 23.9 Å². The van der Waals surface area contributed by atoms with E-state index in [2.05, 4.69) is 9.88 Å². The van der Waals surface area contributed by atoms with Crippen LogP contribution in [0.25, 0.3) is 0 Å². The second kappa shape index (κ2) is 3.52. The summed E-state index contributed by atoms with van der Waals surface area (Å²) in [5.41, 5.74) is 0.718. The molecule has 2 unspecified atom stereocenters. The number of hydrogen-bond donors (Lipinski definition) is 0. The largest absolute Gasteiger partial charge is 0.351 e. The summed E-state index contributed by atoms with van der Waals surface area (Å²) >= 11 is 2.05.